The summed E-state index contributed by atoms with van der Waals surface area (Å²) in [7, 11) is 0. The predicted molar refractivity (Wildman–Crippen MR) is 113 cm³/mol. The van der Waals surface area contributed by atoms with Gasteiger partial charge in [0.2, 0.25) is 0 Å². The van der Waals surface area contributed by atoms with Crippen molar-refractivity contribution in [3.8, 4) is 5.75 Å². The van der Waals surface area contributed by atoms with Gasteiger partial charge in [0.1, 0.15) is 18.4 Å². The molecule has 0 radical (unpaired) electrons. The van der Waals surface area contributed by atoms with Gasteiger partial charge in [-0.1, -0.05) is 12.1 Å². The van der Waals surface area contributed by atoms with E-state index in [0.717, 1.165) is 38.3 Å². The van der Waals surface area contributed by atoms with Gasteiger partial charge in [0.15, 0.2) is 12.1 Å². The minimum absolute atomic E-state index is 0.101. The number of carboxylic acid groups (broad SMARTS) is 1. The lowest BCUT2D eigenvalue weighted by Gasteiger charge is -2.35. The average molecular weight is 434 g/mol. The Hall–Kier alpha value is -3.05. The molecular weight excluding hydrogens is 404 g/mol. The number of nitrogens with two attached hydrogens (primary N) is 2. The van der Waals surface area contributed by atoms with E-state index in [1.54, 1.807) is 29.2 Å². The first-order chi connectivity index (χ1) is 14.8. The van der Waals surface area contributed by atoms with E-state index in [0.29, 0.717) is 18.8 Å². The lowest BCUT2D eigenvalue weighted by Crippen LogP contribution is -2.52. The van der Waals surface area contributed by atoms with Gasteiger partial charge in [-0.25, -0.2) is 4.79 Å². The van der Waals surface area contributed by atoms with E-state index in [4.69, 9.17) is 31.5 Å². The molecule has 2 aliphatic rings. The van der Waals surface area contributed by atoms with E-state index in [1.165, 1.54) is 0 Å². The first kappa shape index (κ1) is 22.6. The molecule has 2 fully saturated rings. The molecule has 0 saturated carbocycles. The Kier molecular flexibility index (Phi) is 7.53. The number of nitrogens with zero attached hydrogens (tertiary/aromatic N) is 3. The Balaban J connectivity index is 1.37. The lowest BCUT2D eigenvalue weighted by atomic mass is 10.1. The fraction of sp³-hybridized carbons (Fsp3) is 0.550. The van der Waals surface area contributed by atoms with Gasteiger partial charge >= 0.3 is 12.1 Å². The highest BCUT2D eigenvalue weighted by Crippen LogP contribution is 2.17. The maximum absolute atomic E-state index is 12.1. The van der Waals surface area contributed by atoms with E-state index < -0.39 is 12.0 Å². The lowest BCUT2D eigenvalue weighted by molar-refractivity contribution is -0.138. The van der Waals surface area contributed by atoms with Gasteiger partial charge in [-0.05, 0) is 24.1 Å². The number of rotatable bonds is 9. The smallest absolute Gasteiger partial charge is 0.410 e. The number of carbonyl (C=O) groups excluding carboxylic acids is 1. The number of guanidine groups is 1. The van der Waals surface area contributed by atoms with Crippen LogP contribution in [0.1, 0.15) is 5.56 Å². The zero-order valence-corrected chi connectivity index (χ0v) is 17.4. The summed E-state index contributed by atoms with van der Waals surface area (Å²) in [5.41, 5.74) is 11.9. The molecule has 2 atom stereocenters. The summed E-state index contributed by atoms with van der Waals surface area (Å²) in [4.78, 5) is 28.7. The zero-order valence-electron chi connectivity index (χ0n) is 17.4. The highest BCUT2D eigenvalue weighted by molar-refractivity contribution is 5.74. The van der Waals surface area contributed by atoms with Crippen LogP contribution < -0.4 is 16.2 Å². The Morgan fingerprint density at radius 1 is 1.23 bits per heavy atom. The molecule has 0 aromatic heterocycles. The molecule has 2 unspecified atom stereocenters. The van der Waals surface area contributed by atoms with Crippen LogP contribution in [-0.4, -0.2) is 102 Å². The molecule has 170 valence electrons. The number of hydrogen-bond acceptors (Lipinski definition) is 7. The fourth-order valence-electron chi connectivity index (χ4n) is 3.57. The largest absolute Gasteiger partial charge is 0.490 e. The molecule has 11 nitrogen and oxygen atoms in total. The number of hydrogen-bond donors (Lipinski definition) is 4. The highest BCUT2D eigenvalue weighted by Gasteiger charge is 2.32. The third-order valence-electron chi connectivity index (χ3n) is 5.48. The highest BCUT2D eigenvalue weighted by atomic mass is 16.6. The molecule has 1 aromatic rings. The van der Waals surface area contributed by atoms with Crippen molar-refractivity contribution in [1.82, 2.24) is 14.7 Å². The molecule has 0 bridgehead atoms. The summed E-state index contributed by atoms with van der Waals surface area (Å²) in [5, 5.41) is 16.4. The number of cyclic esters (lactones) is 1. The summed E-state index contributed by atoms with van der Waals surface area (Å²) in [6, 6.07) is 6.11. The summed E-state index contributed by atoms with van der Waals surface area (Å²) in [5.74, 6) is -0.319. The van der Waals surface area contributed by atoms with Crippen LogP contribution in [0.4, 0.5) is 4.79 Å². The van der Waals surface area contributed by atoms with Crippen molar-refractivity contribution in [2.45, 2.75) is 18.6 Å². The van der Waals surface area contributed by atoms with E-state index in [9.17, 15) is 9.59 Å². The Labute approximate surface area is 181 Å². The maximum Gasteiger partial charge on any atom is 0.410 e. The zero-order chi connectivity index (χ0) is 22.4. The second-order valence-electron chi connectivity index (χ2n) is 7.77. The summed E-state index contributed by atoms with van der Waals surface area (Å²) < 4.78 is 11.1. The van der Waals surface area contributed by atoms with Crippen LogP contribution in [0.5, 0.6) is 5.75 Å². The summed E-state index contributed by atoms with van der Waals surface area (Å²) in [6.45, 7) is 5.09. The van der Waals surface area contributed by atoms with E-state index in [2.05, 4.69) is 4.90 Å². The fourth-order valence-corrected chi connectivity index (χ4v) is 3.57. The van der Waals surface area contributed by atoms with Crippen molar-refractivity contribution < 1.29 is 24.2 Å². The minimum Gasteiger partial charge on any atom is -0.490 e. The third-order valence-corrected chi connectivity index (χ3v) is 5.48. The monoisotopic (exact) mass is 434 g/mol. The number of nitrogens with one attached hydrogen (secondary N) is 1. The van der Waals surface area contributed by atoms with Gasteiger partial charge in [0.05, 0.1) is 6.54 Å². The molecule has 1 amide bonds. The number of aliphatic carboxylic acids is 1. The van der Waals surface area contributed by atoms with Crippen LogP contribution in [0.15, 0.2) is 24.3 Å². The molecule has 3 rings (SSSR count). The Morgan fingerprint density at radius 2 is 1.90 bits per heavy atom. The Bertz CT molecular complexity index is 781. The summed E-state index contributed by atoms with van der Waals surface area (Å²) >= 11 is 0. The minimum atomic E-state index is -1.04. The van der Waals surface area contributed by atoms with Crippen molar-refractivity contribution in [3.05, 3.63) is 29.8 Å². The summed E-state index contributed by atoms with van der Waals surface area (Å²) in [6.07, 6.45) is -0.439. The molecule has 1 aromatic carbocycles. The number of ether oxygens (including phenoxy) is 2. The maximum atomic E-state index is 12.1. The van der Waals surface area contributed by atoms with Crippen molar-refractivity contribution in [3.63, 3.8) is 0 Å². The number of piperazine rings is 1. The molecule has 6 N–H and O–H groups in total. The molecule has 31 heavy (non-hydrogen) atoms. The molecule has 2 heterocycles. The molecular formula is C20H30N6O5. The number of amides is 1. The van der Waals surface area contributed by atoms with Gasteiger partial charge < -0.3 is 35.8 Å². The van der Waals surface area contributed by atoms with Crippen LogP contribution in [-0.2, 0) is 16.0 Å². The molecule has 0 spiro atoms. The van der Waals surface area contributed by atoms with Gasteiger partial charge in [0.25, 0.3) is 0 Å². The second kappa shape index (κ2) is 10.3. The quantitative estimate of drug-likeness (QED) is 0.293. The first-order valence-corrected chi connectivity index (χ1v) is 10.3. The topological polar surface area (TPSA) is 158 Å². The van der Waals surface area contributed by atoms with E-state index >= 15 is 0 Å². The standard InChI is InChI=1S/C20H30N6O5/c21-17(18(27)28)11-14-1-3-15(4-2-14)30-13-16-12-26(20(29)31-16)10-7-24-5-8-25(9-6-24)19(22)23/h1-4,16-17H,5-13,21H2,(H3,22,23)(H,27,28). The van der Waals surface area contributed by atoms with Crippen LogP contribution in [0.3, 0.4) is 0 Å². The van der Waals surface area contributed by atoms with Gasteiger partial charge in [-0.15, -0.1) is 0 Å². The molecule has 11 heteroatoms. The van der Waals surface area contributed by atoms with Gasteiger partial charge in [0, 0.05) is 39.3 Å². The normalized spacial score (nSPS) is 20.4. The van der Waals surface area contributed by atoms with Crippen molar-refractivity contribution in [2.24, 2.45) is 11.5 Å². The number of carboxylic acids is 1. The molecule has 2 aliphatic heterocycles. The molecule has 2 saturated heterocycles. The van der Waals surface area contributed by atoms with E-state index in [1.807, 2.05) is 4.90 Å². The SMILES string of the molecule is N=C(N)N1CCN(CCN2CC(COc3ccc(CC(N)C(=O)O)cc3)OC2=O)CC1. The number of carbonyl (C=O) groups is 2. The van der Waals surface area contributed by atoms with E-state index in [-0.39, 0.29) is 31.2 Å². The van der Waals surface area contributed by atoms with Crippen LogP contribution in [0.25, 0.3) is 0 Å². The molecule has 0 aliphatic carbocycles. The average Bonchev–Trinajstić information content (AvgIpc) is 3.11. The second-order valence-corrected chi connectivity index (χ2v) is 7.77. The van der Waals surface area contributed by atoms with Gasteiger partial charge in [-0.2, -0.15) is 0 Å². The Morgan fingerprint density at radius 3 is 2.52 bits per heavy atom. The third kappa shape index (κ3) is 6.46. The predicted octanol–water partition coefficient (Wildman–Crippen LogP) is -0.648. The van der Waals surface area contributed by atoms with Crippen LogP contribution in [0.2, 0.25) is 0 Å². The van der Waals surface area contributed by atoms with Crippen molar-refractivity contribution >= 4 is 18.0 Å². The van der Waals surface area contributed by atoms with Gasteiger partial charge in [-0.3, -0.25) is 15.1 Å². The number of benzene rings is 1. The van der Waals surface area contributed by atoms with Crippen molar-refractivity contribution in [2.75, 3.05) is 52.4 Å². The van der Waals surface area contributed by atoms with Crippen LogP contribution in [0, 0.1) is 5.41 Å². The first-order valence-electron chi connectivity index (χ1n) is 10.3. The van der Waals surface area contributed by atoms with Crippen LogP contribution >= 0.6 is 0 Å². The van der Waals surface area contributed by atoms with Crippen molar-refractivity contribution in [1.29, 1.82) is 5.41 Å².